The second-order valence-corrected chi connectivity index (χ2v) is 8.81. The fourth-order valence-corrected chi connectivity index (χ4v) is 5.16. The monoisotopic (exact) mass is 366 g/mol. The zero-order valence-corrected chi connectivity index (χ0v) is 15.4. The Morgan fingerprint density at radius 1 is 1.20 bits per heavy atom. The first-order valence-electron chi connectivity index (χ1n) is 8.89. The second kappa shape index (κ2) is 7.70. The van der Waals surface area contributed by atoms with Crippen LogP contribution in [0.4, 0.5) is 10.5 Å². The van der Waals surface area contributed by atoms with Gasteiger partial charge in [-0.2, -0.15) is 4.31 Å². The van der Waals surface area contributed by atoms with Crippen LogP contribution in [0.1, 0.15) is 38.5 Å². The van der Waals surface area contributed by atoms with Gasteiger partial charge in [-0.05, 0) is 44.2 Å². The highest BCUT2D eigenvalue weighted by molar-refractivity contribution is 7.88. The highest BCUT2D eigenvalue weighted by Crippen LogP contribution is 2.32. The molecule has 1 aliphatic heterocycles. The number of nitrogens with zero attached hydrogens (tertiary/aromatic N) is 3. The quantitative estimate of drug-likeness (QED) is 0.886. The van der Waals surface area contributed by atoms with Gasteiger partial charge in [0.2, 0.25) is 10.0 Å². The van der Waals surface area contributed by atoms with Crippen LogP contribution in [0.2, 0.25) is 0 Å². The highest BCUT2D eigenvalue weighted by Gasteiger charge is 2.37. The molecule has 3 rings (SSSR count). The third-order valence-electron chi connectivity index (χ3n) is 5.08. The predicted octanol–water partition coefficient (Wildman–Crippen LogP) is 2.28. The van der Waals surface area contributed by atoms with E-state index in [1.807, 2.05) is 0 Å². The SMILES string of the molecule is CS(=O)(=O)N(C1CCC1)[C@H]1CCCN(C(=O)Nc2cccnc2)CC1. The van der Waals surface area contributed by atoms with Crippen molar-refractivity contribution in [2.75, 3.05) is 24.7 Å². The Morgan fingerprint density at radius 3 is 2.52 bits per heavy atom. The molecule has 1 saturated carbocycles. The lowest BCUT2D eigenvalue weighted by Gasteiger charge is -2.40. The van der Waals surface area contributed by atoms with Crippen molar-refractivity contribution in [2.24, 2.45) is 0 Å². The van der Waals surface area contributed by atoms with E-state index in [2.05, 4.69) is 10.3 Å². The lowest BCUT2D eigenvalue weighted by molar-refractivity contribution is 0.162. The van der Waals surface area contributed by atoms with E-state index in [1.165, 1.54) is 6.26 Å². The van der Waals surface area contributed by atoms with Crippen LogP contribution in [0.15, 0.2) is 24.5 Å². The molecule has 8 heteroatoms. The van der Waals surface area contributed by atoms with Gasteiger partial charge in [-0.15, -0.1) is 0 Å². The number of aromatic nitrogens is 1. The summed E-state index contributed by atoms with van der Waals surface area (Å²) in [6.45, 7) is 1.21. The molecule has 0 bridgehead atoms. The minimum absolute atomic E-state index is 0.00325. The molecule has 2 fully saturated rings. The van der Waals surface area contributed by atoms with Crippen LogP contribution >= 0.6 is 0 Å². The normalized spacial score (nSPS) is 22.3. The first-order chi connectivity index (χ1) is 11.9. The molecule has 1 aliphatic carbocycles. The molecule has 1 atom stereocenters. The summed E-state index contributed by atoms with van der Waals surface area (Å²) >= 11 is 0. The third-order valence-corrected chi connectivity index (χ3v) is 6.44. The van der Waals surface area contributed by atoms with E-state index in [0.29, 0.717) is 25.2 Å². The van der Waals surface area contributed by atoms with Crippen molar-refractivity contribution < 1.29 is 13.2 Å². The summed E-state index contributed by atoms with van der Waals surface area (Å²) in [7, 11) is -3.22. The lowest BCUT2D eigenvalue weighted by Crippen LogP contribution is -2.50. The molecule has 25 heavy (non-hydrogen) atoms. The number of anilines is 1. The predicted molar refractivity (Wildman–Crippen MR) is 96.8 cm³/mol. The van der Waals surface area contributed by atoms with E-state index in [0.717, 1.165) is 32.1 Å². The molecule has 1 saturated heterocycles. The molecule has 0 radical (unpaired) electrons. The minimum Gasteiger partial charge on any atom is -0.324 e. The van der Waals surface area contributed by atoms with Crippen LogP contribution in [0.5, 0.6) is 0 Å². The topological polar surface area (TPSA) is 82.6 Å². The third kappa shape index (κ3) is 4.49. The van der Waals surface area contributed by atoms with E-state index in [1.54, 1.807) is 33.7 Å². The molecular weight excluding hydrogens is 340 g/mol. The molecule has 0 spiro atoms. The molecule has 7 nitrogen and oxygen atoms in total. The molecule has 1 aromatic heterocycles. The Kier molecular flexibility index (Phi) is 5.58. The Labute approximate surface area is 149 Å². The van der Waals surface area contributed by atoms with E-state index in [9.17, 15) is 13.2 Å². The zero-order chi connectivity index (χ0) is 17.9. The summed E-state index contributed by atoms with van der Waals surface area (Å²) in [6.07, 6.45) is 9.89. The number of pyridine rings is 1. The number of rotatable bonds is 4. The Balaban J connectivity index is 1.62. The average Bonchev–Trinajstić information content (AvgIpc) is 2.76. The number of likely N-dealkylation sites (tertiary alicyclic amines) is 1. The Hall–Kier alpha value is -1.67. The first-order valence-corrected chi connectivity index (χ1v) is 10.7. The molecule has 1 aromatic rings. The summed E-state index contributed by atoms with van der Waals surface area (Å²) in [4.78, 5) is 18.2. The van der Waals surface area contributed by atoms with Gasteiger partial charge in [0.25, 0.3) is 0 Å². The van der Waals surface area contributed by atoms with Gasteiger partial charge in [0, 0.05) is 31.4 Å². The smallest absolute Gasteiger partial charge is 0.321 e. The molecule has 2 heterocycles. The number of sulfonamides is 1. The minimum atomic E-state index is -3.22. The van der Waals surface area contributed by atoms with E-state index < -0.39 is 10.0 Å². The van der Waals surface area contributed by atoms with Crippen molar-refractivity contribution >= 4 is 21.7 Å². The van der Waals surface area contributed by atoms with Crippen molar-refractivity contribution in [3.63, 3.8) is 0 Å². The van der Waals surface area contributed by atoms with Gasteiger partial charge in [0.05, 0.1) is 18.1 Å². The van der Waals surface area contributed by atoms with Gasteiger partial charge in [-0.3, -0.25) is 4.98 Å². The molecule has 0 unspecified atom stereocenters. The number of hydrogen-bond donors (Lipinski definition) is 1. The van der Waals surface area contributed by atoms with Crippen molar-refractivity contribution in [3.05, 3.63) is 24.5 Å². The number of urea groups is 1. The molecule has 1 N–H and O–H groups in total. The fourth-order valence-electron chi connectivity index (χ4n) is 3.66. The van der Waals surface area contributed by atoms with Crippen LogP contribution in [0.25, 0.3) is 0 Å². The summed E-state index contributed by atoms with van der Waals surface area (Å²) in [6, 6.07) is 3.57. The van der Waals surface area contributed by atoms with Crippen molar-refractivity contribution in [1.29, 1.82) is 0 Å². The van der Waals surface area contributed by atoms with Gasteiger partial charge in [-0.25, -0.2) is 13.2 Å². The number of carbonyl (C=O) groups excluding carboxylic acids is 1. The summed E-state index contributed by atoms with van der Waals surface area (Å²) in [5.74, 6) is 0. The summed E-state index contributed by atoms with van der Waals surface area (Å²) < 4.78 is 26.2. The zero-order valence-electron chi connectivity index (χ0n) is 14.6. The number of nitrogens with one attached hydrogen (secondary N) is 1. The van der Waals surface area contributed by atoms with Gasteiger partial charge in [0.1, 0.15) is 0 Å². The molecule has 2 aliphatic rings. The van der Waals surface area contributed by atoms with E-state index in [-0.39, 0.29) is 18.1 Å². The van der Waals surface area contributed by atoms with Crippen LogP contribution in [0, 0.1) is 0 Å². The van der Waals surface area contributed by atoms with Gasteiger partial charge < -0.3 is 10.2 Å². The number of amides is 2. The van der Waals surface area contributed by atoms with Gasteiger partial charge in [-0.1, -0.05) is 6.42 Å². The van der Waals surface area contributed by atoms with Crippen LogP contribution in [0.3, 0.4) is 0 Å². The van der Waals surface area contributed by atoms with Crippen molar-refractivity contribution in [2.45, 2.75) is 50.6 Å². The van der Waals surface area contributed by atoms with Crippen LogP contribution < -0.4 is 5.32 Å². The van der Waals surface area contributed by atoms with Gasteiger partial charge >= 0.3 is 6.03 Å². The van der Waals surface area contributed by atoms with Gasteiger partial charge in [0.15, 0.2) is 0 Å². The van der Waals surface area contributed by atoms with Crippen LogP contribution in [-0.4, -0.2) is 60.1 Å². The Morgan fingerprint density at radius 2 is 1.92 bits per heavy atom. The molecule has 2 amide bonds. The standard InChI is InChI=1S/C17H26N4O3S/c1-25(23,24)21(15-6-2-7-15)16-8-4-11-20(12-9-16)17(22)19-14-5-3-10-18-13-14/h3,5,10,13,15-16H,2,4,6-9,11-12H2,1H3,(H,19,22)/t16-/m0/s1. The largest absolute Gasteiger partial charge is 0.324 e. The lowest BCUT2D eigenvalue weighted by atomic mass is 9.91. The summed E-state index contributed by atoms with van der Waals surface area (Å²) in [5.41, 5.74) is 0.667. The maximum Gasteiger partial charge on any atom is 0.321 e. The second-order valence-electron chi connectivity index (χ2n) is 6.92. The van der Waals surface area contributed by atoms with E-state index in [4.69, 9.17) is 0 Å². The van der Waals surface area contributed by atoms with Crippen molar-refractivity contribution in [3.8, 4) is 0 Å². The first kappa shape index (κ1) is 18.1. The number of hydrogen-bond acceptors (Lipinski definition) is 4. The molecule has 138 valence electrons. The maximum absolute atomic E-state index is 12.5. The highest BCUT2D eigenvalue weighted by atomic mass is 32.2. The Bertz CT molecular complexity index is 691. The number of carbonyl (C=O) groups is 1. The average molecular weight is 366 g/mol. The van der Waals surface area contributed by atoms with Crippen molar-refractivity contribution in [1.82, 2.24) is 14.2 Å². The molecule has 0 aromatic carbocycles. The fraction of sp³-hybridized carbons (Fsp3) is 0.647. The van der Waals surface area contributed by atoms with E-state index >= 15 is 0 Å². The molecular formula is C17H26N4O3S. The maximum atomic E-state index is 12.5. The summed E-state index contributed by atoms with van der Waals surface area (Å²) in [5, 5.41) is 2.85. The van der Waals surface area contributed by atoms with Crippen LogP contribution in [-0.2, 0) is 10.0 Å².